The Morgan fingerprint density at radius 1 is 1.29 bits per heavy atom. The third-order valence-corrected chi connectivity index (χ3v) is 4.28. The van der Waals surface area contributed by atoms with Crippen molar-refractivity contribution < 1.29 is 14.3 Å². The maximum Gasteiger partial charge on any atom is 0.228 e. The zero-order valence-corrected chi connectivity index (χ0v) is 12.7. The van der Waals surface area contributed by atoms with Crippen LogP contribution in [0.3, 0.4) is 0 Å². The first-order chi connectivity index (χ1) is 10.2. The molecule has 0 saturated carbocycles. The minimum atomic E-state index is -0.383. The van der Waals surface area contributed by atoms with Crippen LogP contribution in [0.5, 0.6) is 0 Å². The number of halogens is 1. The van der Waals surface area contributed by atoms with E-state index in [4.69, 9.17) is 21.1 Å². The van der Waals surface area contributed by atoms with E-state index in [2.05, 4.69) is 0 Å². The Balaban J connectivity index is 1.67. The molecule has 5 heteroatoms. The van der Waals surface area contributed by atoms with Crippen molar-refractivity contribution in [2.24, 2.45) is 0 Å². The first-order valence-corrected chi connectivity index (χ1v) is 7.90. The van der Waals surface area contributed by atoms with Crippen LogP contribution in [0, 0.1) is 0 Å². The Morgan fingerprint density at radius 2 is 2.10 bits per heavy atom. The number of hydrogen-bond acceptors (Lipinski definition) is 3. The summed E-state index contributed by atoms with van der Waals surface area (Å²) in [6.45, 7) is 2.15. The van der Waals surface area contributed by atoms with Gasteiger partial charge in [0.15, 0.2) is 6.29 Å². The summed E-state index contributed by atoms with van der Waals surface area (Å²) < 4.78 is 11.0. The maximum absolute atomic E-state index is 12.5. The van der Waals surface area contributed by atoms with Gasteiger partial charge in [0.05, 0.1) is 25.7 Å². The minimum absolute atomic E-state index is 0.101. The lowest BCUT2D eigenvalue weighted by Crippen LogP contribution is -2.36. The fourth-order valence-electron chi connectivity index (χ4n) is 3.04. The SMILES string of the molecule is O=C(CC1OCCCO1)N1CCC[C@H]1c1cccc(Cl)c1. The monoisotopic (exact) mass is 309 g/mol. The van der Waals surface area contributed by atoms with Crippen molar-refractivity contribution in [3.05, 3.63) is 34.9 Å². The first kappa shape index (κ1) is 14.8. The van der Waals surface area contributed by atoms with Gasteiger partial charge < -0.3 is 14.4 Å². The van der Waals surface area contributed by atoms with E-state index in [1.54, 1.807) is 0 Å². The largest absolute Gasteiger partial charge is 0.352 e. The molecule has 1 aromatic carbocycles. The highest BCUT2D eigenvalue weighted by molar-refractivity contribution is 6.30. The molecular weight excluding hydrogens is 290 g/mol. The predicted molar refractivity (Wildman–Crippen MR) is 80.1 cm³/mol. The van der Waals surface area contributed by atoms with Crippen LogP contribution < -0.4 is 0 Å². The number of ether oxygens (including phenoxy) is 2. The van der Waals surface area contributed by atoms with Gasteiger partial charge >= 0.3 is 0 Å². The number of amides is 1. The molecule has 4 nitrogen and oxygen atoms in total. The molecule has 0 unspecified atom stereocenters. The zero-order chi connectivity index (χ0) is 14.7. The summed E-state index contributed by atoms with van der Waals surface area (Å²) in [5, 5.41) is 0.714. The van der Waals surface area contributed by atoms with Crippen LogP contribution in [0.4, 0.5) is 0 Å². The highest BCUT2D eigenvalue weighted by Crippen LogP contribution is 2.33. The normalized spacial score (nSPS) is 23.5. The average Bonchev–Trinajstić information content (AvgIpc) is 2.98. The highest BCUT2D eigenvalue weighted by Gasteiger charge is 2.31. The Bertz CT molecular complexity index is 502. The van der Waals surface area contributed by atoms with Crippen molar-refractivity contribution in [2.75, 3.05) is 19.8 Å². The van der Waals surface area contributed by atoms with Gasteiger partial charge in [0.2, 0.25) is 5.91 Å². The van der Waals surface area contributed by atoms with Crippen molar-refractivity contribution >= 4 is 17.5 Å². The van der Waals surface area contributed by atoms with Crippen LogP contribution >= 0.6 is 11.6 Å². The van der Waals surface area contributed by atoms with E-state index in [0.717, 1.165) is 31.4 Å². The zero-order valence-electron chi connectivity index (χ0n) is 12.0. The second-order valence-corrected chi connectivity index (χ2v) is 5.97. The number of benzene rings is 1. The van der Waals surface area contributed by atoms with Gasteiger partial charge in [0.25, 0.3) is 0 Å². The smallest absolute Gasteiger partial charge is 0.228 e. The fourth-order valence-corrected chi connectivity index (χ4v) is 3.24. The molecular formula is C16H20ClNO3. The summed E-state index contributed by atoms with van der Waals surface area (Å²) in [6.07, 6.45) is 2.83. The number of hydrogen-bond donors (Lipinski definition) is 0. The molecule has 2 saturated heterocycles. The van der Waals surface area contributed by atoms with Crippen LogP contribution in [0.15, 0.2) is 24.3 Å². The number of carbonyl (C=O) groups excluding carboxylic acids is 1. The van der Waals surface area contributed by atoms with Gasteiger partial charge in [-0.15, -0.1) is 0 Å². The van der Waals surface area contributed by atoms with Crippen LogP contribution in [-0.2, 0) is 14.3 Å². The molecule has 0 aliphatic carbocycles. The Morgan fingerprint density at radius 3 is 2.86 bits per heavy atom. The van der Waals surface area contributed by atoms with Gasteiger partial charge in [0, 0.05) is 11.6 Å². The van der Waals surface area contributed by atoms with E-state index in [0.29, 0.717) is 24.7 Å². The molecule has 2 aliphatic rings. The van der Waals surface area contributed by atoms with Gasteiger partial charge in [-0.1, -0.05) is 23.7 Å². The van der Waals surface area contributed by atoms with Crippen molar-refractivity contribution in [1.82, 2.24) is 4.90 Å². The lowest BCUT2D eigenvalue weighted by atomic mass is 10.0. The predicted octanol–water partition coefficient (Wildman–Crippen LogP) is 3.16. The van der Waals surface area contributed by atoms with E-state index < -0.39 is 0 Å². The molecule has 1 aromatic rings. The topological polar surface area (TPSA) is 38.8 Å². The lowest BCUT2D eigenvalue weighted by Gasteiger charge is -2.28. The molecule has 2 fully saturated rings. The first-order valence-electron chi connectivity index (χ1n) is 7.52. The second kappa shape index (κ2) is 6.77. The standard InChI is InChI=1S/C16H20ClNO3/c17-13-5-1-4-12(10-13)14-6-2-7-18(14)15(19)11-16-20-8-3-9-21-16/h1,4-5,10,14,16H,2-3,6-9,11H2/t14-/m0/s1. The number of carbonyl (C=O) groups is 1. The van der Waals surface area contributed by atoms with E-state index in [-0.39, 0.29) is 18.2 Å². The molecule has 0 spiro atoms. The summed E-state index contributed by atoms with van der Waals surface area (Å²) >= 11 is 6.06. The number of rotatable bonds is 3. The highest BCUT2D eigenvalue weighted by atomic mass is 35.5. The van der Waals surface area contributed by atoms with E-state index in [1.165, 1.54) is 0 Å². The van der Waals surface area contributed by atoms with E-state index in [9.17, 15) is 4.79 Å². The van der Waals surface area contributed by atoms with Gasteiger partial charge in [-0.2, -0.15) is 0 Å². The Kier molecular flexibility index (Phi) is 4.78. The van der Waals surface area contributed by atoms with Crippen molar-refractivity contribution in [3.63, 3.8) is 0 Å². The van der Waals surface area contributed by atoms with Gasteiger partial charge in [0.1, 0.15) is 0 Å². The van der Waals surface area contributed by atoms with Gasteiger partial charge in [-0.25, -0.2) is 0 Å². The second-order valence-electron chi connectivity index (χ2n) is 5.53. The summed E-state index contributed by atoms with van der Waals surface area (Å²) in [4.78, 5) is 14.5. The lowest BCUT2D eigenvalue weighted by molar-refractivity contribution is -0.187. The van der Waals surface area contributed by atoms with Crippen molar-refractivity contribution in [1.29, 1.82) is 0 Å². The quantitative estimate of drug-likeness (QED) is 0.861. The van der Waals surface area contributed by atoms with Crippen molar-refractivity contribution in [3.8, 4) is 0 Å². The molecule has 0 N–H and O–H groups in total. The molecule has 0 aromatic heterocycles. The summed E-state index contributed by atoms with van der Waals surface area (Å²) in [5.74, 6) is 0.101. The summed E-state index contributed by atoms with van der Waals surface area (Å²) in [6, 6.07) is 7.91. The number of likely N-dealkylation sites (tertiary alicyclic amines) is 1. The molecule has 3 rings (SSSR count). The Hall–Kier alpha value is -1.10. The van der Waals surface area contributed by atoms with Crippen LogP contribution in [-0.4, -0.2) is 36.9 Å². The molecule has 1 atom stereocenters. The average molecular weight is 310 g/mol. The molecule has 21 heavy (non-hydrogen) atoms. The fraction of sp³-hybridized carbons (Fsp3) is 0.562. The van der Waals surface area contributed by atoms with Gasteiger partial charge in [-0.05, 0) is 37.0 Å². The van der Waals surface area contributed by atoms with E-state index >= 15 is 0 Å². The molecule has 114 valence electrons. The van der Waals surface area contributed by atoms with Crippen molar-refractivity contribution in [2.45, 2.75) is 38.0 Å². The molecule has 0 radical (unpaired) electrons. The number of nitrogens with zero attached hydrogens (tertiary/aromatic N) is 1. The van der Waals surface area contributed by atoms with Crippen LogP contribution in [0.25, 0.3) is 0 Å². The maximum atomic E-state index is 12.5. The molecule has 0 bridgehead atoms. The summed E-state index contributed by atoms with van der Waals surface area (Å²) in [7, 11) is 0. The Labute approximate surface area is 130 Å². The van der Waals surface area contributed by atoms with Gasteiger partial charge in [-0.3, -0.25) is 4.79 Å². The molecule has 1 amide bonds. The van der Waals surface area contributed by atoms with Crippen LogP contribution in [0.2, 0.25) is 5.02 Å². The van der Waals surface area contributed by atoms with Crippen LogP contribution in [0.1, 0.15) is 37.3 Å². The minimum Gasteiger partial charge on any atom is -0.352 e. The third kappa shape index (κ3) is 3.57. The summed E-state index contributed by atoms with van der Waals surface area (Å²) in [5.41, 5.74) is 1.11. The third-order valence-electron chi connectivity index (χ3n) is 4.04. The molecule has 2 aliphatic heterocycles. The van der Waals surface area contributed by atoms with E-state index in [1.807, 2.05) is 29.2 Å². The molecule has 2 heterocycles.